The van der Waals surface area contributed by atoms with E-state index in [1.165, 1.54) is 0 Å². The highest BCUT2D eigenvalue weighted by molar-refractivity contribution is 5.19. The lowest BCUT2D eigenvalue weighted by molar-refractivity contribution is 0.0772. The zero-order chi connectivity index (χ0) is 8.97. The summed E-state index contributed by atoms with van der Waals surface area (Å²) in [7, 11) is 0. The van der Waals surface area contributed by atoms with Crippen molar-refractivity contribution >= 4 is 0 Å². The van der Waals surface area contributed by atoms with Gasteiger partial charge in [-0.15, -0.1) is 0 Å². The summed E-state index contributed by atoms with van der Waals surface area (Å²) in [6.07, 6.45) is -0.660. The molecule has 0 heterocycles. The predicted octanol–water partition coefficient (Wildman–Crippen LogP) is 1.14. The van der Waals surface area contributed by atoms with E-state index in [1.807, 2.05) is 37.3 Å². The van der Waals surface area contributed by atoms with Gasteiger partial charge in [0, 0.05) is 5.92 Å². The fraction of sp³-hybridized carbons (Fsp3) is 0.400. The molecule has 2 N–H and O–H groups in total. The Balaban J connectivity index is 2.71. The Morgan fingerprint density at radius 1 is 1.25 bits per heavy atom. The lowest BCUT2D eigenvalue weighted by atomic mass is 9.96. The number of hydrogen-bond acceptors (Lipinski definition) is 2. The van der Waals surface area contributed by atoms with Gasteiger partial charge in [0.2, 0.25) is 0 Å². The van der Waals surface area contributed by atoms with Crippen molar-refractivity contribution in [2.45, 2.75) is 18.9 Å². The lowest BCUT2D eigenvalue weighted by Crippen LogP contribution is -2.19. The van der Waals surface area contributed by atoms with Crippen LogP contribution in [0.1, 0.15) is 18.4 Å². The quantitative estimate of drug-likeness (QED) is 0.707. The molecule has 1 rings (SSSR count). The van der Waals surface area contributed by atoms with Gasteiger partial charge in [-0.3, -0.25) is 0 Å². The molecule has 0 amide bonds. The molecule has 0 aliphatic carbocycles. The Hall–Kier alpha value is -0.860. The van der Waals surface area contributed by atoms with Crippen molar-refractivity contribution in [3.05, 3.63) is 35.9 Å². The molecule has 1 aromatic rings. The summed E-state index contributed by atoms with van der Waals surface area (Å²) in [5.74, 6) is -0.00352. The molecule has 0 saturated heterocycles. The first-order valence-electron chi connectivity index (χ1n) is 4.09. The van der Waals surface area contributed by atoms with Gasteiger partial charge in [-0.05, 0) is 5.56 Å². The van der Waals surface area contributed by atoms with Gasteiger partial charge in [0.05, 0.1) is 12.7 Å². The molecule has 0 aromatic heterocycles. The van der Waals surface area contributed by atoms with E-state index >= 15 is 0 Å². The summed E-state index contributed by atoms with van der Waals surface area (Å²) in [6, 6.07) is 9.68. The van der Waals surface area contributed by atoms with E-state index in [9.17, 15) is 5.11 Å². The van der Waals surface area contributed by atoms with Crippen LogP contribution in [-0.2, 0) is 0 Å². The molecule has 0 bridgehead atoms. The molecular weight excluding hydrogens is 152 g/mol. The molecule has 66 valence electrons. The summed E-state index contributed by atoms with van der Waals surface area (Å²) in [5.41, 5.74) is 1.05. The summed E-state index contributed by atoms with van der Waals surface area (Å²) in [4.78, 5) is 0. The van der Waals surface area contributed by atoms with E-state index < -0.39 is 6.10 Å². The van der Waals surface area contributed by atoms with Crippen LogP contribution in [0.25, 0.3) is 0 Å². The van der Waals surface area contributed by atoms with Crippen LogP contribution >= 0.6 is 0 Å². The average molecular weight is 166 g/mol. The minimum absolute atomic E-state index is 0.00352. The number of aliphatic hydroxyl groups excluding tert-OH is 2. The van der Waals surface area contributed by atoms with Gasteiger partial charge >= 0.3 is 0 Å². The van der Waals surface area contributed by atoms with Crippen molar-refractivity contribution < 1.29 is 10.2 Å². The molecule has 0 aliphatic heterocycles. The number of benzene rings is 1. The average Bonchev–Trinajstić information content (AvgIpc) is 2.17. The van der Waals surface area contributed by atoms with Crippen LogP contribution in [-0.4, -0.2) is 22.9 Å². The topological polar surface area (TPSA) is 40.5 Å². The van der Waals surface area contributed by atoms with Crippen molar-refractivity contribution in [3.8, 4) is 0 Å². The molecule has 12 heavy (non-hydrogen) atoms. The van der Waals surface area contributed by atoms with Crippen molar-refractivity contribution in [1.29, 1.82) is 0 Å². The van der Waals surface area contributed by atoms with Crippen LogP contribution in [0.15, 0.2) is 30.3 Å². The van der Waals surface area contributed by atoms with E-state index in [-0.39, 0.29) is 12.5 Å². The summed E-state index contributed by atoms with van der Waals surface area (Å²) in [5, 5.41) is 18.0. The minimum atomic E-state index is -0.660. The fourth-order valence-corrected chi connectivity index (χ4v) is 1.14. The van der Waals surface area contributed by atoms with Crippen molar-refractivity contribution in [2.75, 3.05) is 6.61 Å². The van der Waals surface area contributed by atoms with Crippen molar-refractivity contribution in [2.24, 2.45) is 0 Å². The lowest BCUT2D eigenvalue weighted by Gasteiger charge is -2.16. The second kappa shape index (κ2) is 4.24. The third-order valence-corrected chi connectivity index (χ3v) is 2.09. The number of aliphatic hydroxyl groups is 2. The first-order chi connectivity index (χ1) is 5.75. The smallest absolute Gasteiger partial charge is 0.0836 e. The van der Waals surface area contributed by atoms with Crippen molar-refractivity contribution in [3.63, 3.8) is 0 Å². The maximum atomic E-state index is 9.33. The van der Waals surface area contributed by atoms with Gasteiger partial charge in [0.25, 0.3) is 0 Å². The molecule has 0 aliphatic rings. The Bertz CT molecular complexity index is 221. The molecule has 1 unspecified atom stereocenters. The molecule has 2 atom stereocenters. The van der Waals surface area contributed by atoms with Crippen LogP contribution in [0.2, 0.25) is 0 Å². The molecule has 1 aromatic carbocycles. The molecular formula is C10H14O2. The van der Waals surface area contributed by atoms with Crippen LogP contribution in [0, 0.1) is 0 Å². The van der Waals surface area contributed by atoms with Gasteiger partial charge in [0.15, 0.2) is 0 Å². The zero-order valence-corrected chi connectivity index (χ0v) is 7.14. The minimum Gasteiger partial charge on any atom is -0.394 e. The third-order valence-electron chi connectivity index (χ3n) is 2.09. The Morgan fingerprint density at radius 2 is 1.83 bits per heavy atom. The second-order valence-electron chi connectivity index (χ2n) is 2.95. The van der Waals surface area contributed by atoms with E-state index in [2.05, 4.69) is 0 Å². The standard InChI is InChI=1S/C10H14O2/c1-8(10(12)7-11)9-5-3-2-4-6-9/h2-6,8,10-12H,7H2,1H3/t8?,10-/m0/s1. The third kappa shape index (κ3) is 2.06. The van der Waals surface area contributed by atoms with E-state index in [0.717, 1.165) is 5.56 Å². The van der Waals surface area contributed by atoms with E-state index in [0.29, 0.717) is 0 Å². The predicted molar refractivity (Wildman–Crippen MR) is 47.9 cm³/mol. The normalized spacial score (nSPS) is 15.6. The first-order valence-corrected chi connectivity index (χ1v) is 4.09. The van der Waals surface area contributed by atoms with Gasteiger partial charge in [-0.1, -0.05) is 37.3 Å². The Kier molecular flexibility index (Phi) is 3.26. The van der Waals surface area contributed by atoms with Crippen LogP contribution < -0.4 is 0 Å². The molecule has 0 saturated carbocycles. The van der Waals surface area contributed by atoms with E-state index in [1.54, 1.807) is 0 Å². The highest BCUT2D eigenvalue weighted by Crippen LogP contribution is 2.17. The van der Waals surface area contributed by atoms with Crippen LogP contribution in [0.5, 0.6) is 0 Å². The first kappa shape index (κ1) is 9.23. The van der Waals surface area contributed by atoms with Gasteiger partial charge in [-0.2, -0.15) is 0 Å². The fourth-order valence-electron chi connectivity index (χ4n) is 1.14. The molecule has 0 fully saturated rings. The number of hydrogen-bond donors (Lipinski definition) is 2. The summed E-state index contributed by atoms with van der Waals surface area (Å²) >= 11 is 0. The van der Waals surface area contributed by atoms with Crippen molar-refractivity contribution in [1.82, 2.24) is 0 Å². The molecule has 2 nitrogen and oxygen atoms in total. The summed E-state index contributed by atoms with van der Waals surface area (Å²) in [6.45, 7) is 1.71. The number of rotatable bonds is 3. The molecule has 0 radical (unpaired) electrons. The maximum absolute atomic E-state index is 9.33. The largest absolute Gasteiger partial charge is 0.394 e. The maximum Gasteiger partial charge on any atom is 0.0836 e. The van der Waals surface area contributed by atoms with Gasteiger partial charge in [0.1, 0.15) is 0 Å². The highest BCUT2D eigenvalue weighted by Gasteiger charge is 2.13. The van der Waals surface area contributed by atoms with Crippen LogP contribution in [0.3, 0.4) is 0 Å². The monoisotopic (exact) mass is 166 g/mol. The molecule has 0 spiro atoms. The molecule has 2 heteroatoms. The SMILES string of the molecule is CC(c1ccccc1)[C@@H](O)CO. The van der Waals surface area contributed by atoms with Gasteiger partial charge < -0.3 is 10.2 Å². The Labute approximate surface area is 72.5 Å². The zero-order valence-electron chi connectivity index (χ0n) is 7.14. The highest BCUT2D eigenvalue weighted by atomic mass is 16.3. The summed E-state index contributed by atoms with van der Waals surface area (Å²) < 4.78 is 0. The van der Waals surface area contributed by atoms with E-state index in [4.69, 9.17) is 5.11 Å². The Morgan fingerprint density at radius 3 is 2.33 bits per heavy atom. The van der Waals surface area contributed by atoms with Gasteiger partial charge in [-0.25, -0.2) is 0 Å². The second-order valence-corrected chi connectivity index (χ2v) is 2.95. The van der Waals surface area contributed by atoms with Crippen LogP contribution in [0.4, 0.5) is 0 Å².